The summed E-state index contributed by atoms with van der Waals surface area (Å²) in [5.41, 5.74) is -3.57. The van der Waals surface area contributed by atoms with Crippen molar-refractivity contribution in [1.29, 1.82) is 0 Å². The number of carbonyl (C=O) groups is 2. The van der Waals surface area contributed by atoms with Gasteiger partial charge in [0.2, 0.25) is 0 Å². The first-order valence-corrected chi connectivity index (χ1v) is 11.8. The normalized spacial score (nSPS) is 17.5. The van der Waals surface area contributed by atoms with Crippen LogP contribution in [0.3, 0.4) is 0 Å². The smallest absolute Gasteiger partial charge is 0.422 e. The number of alkyl halides is 3. The lowest BCUT2D eigenvalue weighted by Gasteiger charge is -2.37. The van der Waals surface area contributed by atoms with E-state index < -0.39 is 23.3 Å². The topological polar surface area (TPSA) is 79.7 Å². The summed E-state index contributed by atoms with van der Waals surface area (Å²) in [5.74, 6) is -2.43. The molecule has 0 radical (unpaired) electrons. The quantitative estimate of drug-likeness (QED) is 0.400. The first-order valence-electron chi connectivity index (χ1n) is 11.1. The molecule has 35 heavy (non-hydrogen) atoms. The predicted molar refractivity (Wildman–Crippen MR) is 124 cm³/mol. The number of aliphatic hydroxyl groups is 1. The molecule has 1 amide bonds. The fourth-order valence-corrected chi connectivity index (χ4v) is 4.81. The Labute approximate surface area is 211 Å². The number of halogens is 5. The van der Waals surface area contributed by atoms with Gasteiger partial charge in [-0.1, -0.05) is 36.2 Å². The van der Waals surface area contributed by atoms with E-state index in [9.17, 15) is 27.9 Å². The molecule has 2 heterocycles. The molecule has 1 aromatic carbocycles. The number of esters is 1. The number of likely N-dealkylation sites (tertiary alicyclic amines) is 1. The van der Waals surface area contributed by atoms with Crippen molar-refractivity contribution in [3.05, 3.63) is 63.4 Å². The molecule has 1 aromatic heterocycles. The Morgan fingerprint density at radius 3 is 2.40 bits per heavy atom. The molecule has 0 spiro atoms. The van der Waals surface area contributed by atoms with Crippen LogP contribution >= 0.6 is 23.2 Å². The number of rotatable bonds is 6. The van der Waals surface area contributed by atoms with Crippen LogP contribution in [0, 0.1) is 5.92 Å². The van der Waals surface area contributed by atoms with E-state index in [0.29, 0.717) is 32.5 Å². The summed E-state index contributed by atoms with van der Waals surface area (Å²) in [6.45, 7) is 3.90. The maximum Gasteiger partial charge on any atom is 0.422 e. The van der Waals surface area contributed by atoms with Crippen LogP contribution < -0.4 is 0 Å². The molecule has 1 N–H and O–H groups in total. The highest BCUT2D eigenvalue weighted by molar-refractivity contribution is 6.31. The summed E-state index contributed by atoms with van der Waals surface area (Å²) < 4.78 is 47.4. The number of benzene rings is 1. The van der Waals surface area contributed by atoms with Gasteiger partial charge in [0, 0.05) is 35.8 Å². The molecule has 3 rings (SSSR count). The standard InChI is InChI=1S/C24H25Cl2F3N2O4/c1-3-35-22(33)15-7-10-31(11-8-15)21(32)16-4-5-18(19(25)12-16)14(2)23(34,24(27,28)29)17-6-9-30-20(26)13-17/h4-6,9,12-15,34H,3,7-8,10-11H2,1-2H3/t14-,23-/m1/s1. The van der Waals surface area contributed by atoms with Gasteiger partial charge in [-0.05, 0) is 55.2 Å². The Morgan fingerprint density at radius 2 is 1.86 bits per heavy atom. The van der Waals surface area contributed by atoms with E-state index >= 15 is 0 Å². The largest absolute Gasteiger partial charge is 0.466 e. The summed E-state index contributed by atoms with van der Waals surface area (Å²) in [6, 6.07) is 5.99. The Bertz CT molecular complexity index is 1090. The first kappa shape index (κ1) is 27.2. The summed E-state index contributed by atoms with van der Waals surface area (Å²) in [6.07, 6.45) is -3.06. The third-order valence-electron chi connectivity index (χ3n) is 6.34. The summed E-state index contributed by atoms with van der Waals surface area (Å²) in [5, 5.41) is 10.6. The number of piperidine rings is 1. The molecule has 1 aliphatic rings. The highest BCUT2D eigenvalue weighted by Crippen LogP contribution is 2.50. The van der Waals surface area contributed by atoms with E-state index in [0.717, 1.165) is 18.3 Å². The summed E-state index contributed by atoms with van der Waals surface area (Å²) >= 11 is 12.1. The van der Waals surface area contributed by atoms with Gasteiger partial charge in [0.15, 0.2) is 5.60 Å². The molecule has 1 saturated heterocycles. The number of aromatic nitrogens is 1. The number of ether oxygens (including phenoxy) is 1. The van der Waals surface area contributed by atoms with Gasteiger partial charge in [-0.3, -0.25) is 9.59 Å². The maximum absolute atomic E-state index is 14.1. The van der Waals surface area contributed by atoms with Crippen LogP contribution in [0.5, 0.6) is 0 Å². The van der Waals surface area contributed by atoms with Crippen molar-refractivity contribution in [3.8, 4) is 0 Å². The van der Waals surface area contributed by atoms with Crippen molar-refractivity contribution in [2.24, 2.45) is 5.92 Å². The Kier molecular flexibility index (Phi) is 8.34. The van der Waals surface area contributed by atoms with E-state index in [4.69, 9.17) is 27.9 Å². The molecule has 0 saturated carbocycles. The number of hydrogen-bond acceptors (Lipinski definition) is 5. The van der Waals surface area contributed by atoms with Gasteiger partial charge in [-0.15, -0.1) is 0 Å². The van der Waals surface area contributed by atoms with Crippen molar-refractivity contribution in [3.63, 3.8) is 0 Å². The minimum absolute atomic E-state index is 0.0111. The average Bonchev–Trinajstić information content (AvgIpc) is 2.82. The lowest BCUT2D eigenvalue weighted by Crippen LogP contribution is -2.46. The molecule has 2 atom stereocenters. The van der Waals surface area contributed by atoms with E-state index in [1.165, 1.54) is 25.1 Å². The van der Waals surface area contributed by atoms with Gasteiger partial charge >= 0.3 is 12.1 Å². The molecule has 190 valence electrons. The lowest BCUT2D eigenvalue weighted by atomic mass is 9.78. The third kappa shape index (κ3) is 5.57. The molecular formula is C24H25Cl2F3N2O4. The zero-order valence-electron chi connectivity index (χ0n) is 19.1. The second-order valence-corrected chi connectivity index (χ2v) is 9.20. The van der Waals surface area contributed by atoms with E-state index in [-0.39, 0.29) is 39.1 Å². The second kappa shape index (κ2) is 10.7. The van der Waals surface area contributed by atoms with Crippen LogP contribution in [0.15, 0.2) is 36.5 Å². The van der Waals surface area contributed by atoms with Crippen molar-refractivity contribution >= 4 is 35.1 Å². The van der Waals surface area contributed by atoms with E-state index in [1.807, 2.05) is 0 Å². The van der Waals surface area contributed by atoms with Crippen molar-refractivity contribution in [1.82, 2.24) is 9.88 Å². The van der Waals surface area contributed by atoms with Crippen molar-refractivity contribution < 1.29 is 32.6 Å². The molecule has 1 fully saturated rings. The zero-order chi connectivity index (χ0) is 26.0. The van der Waals surface area contributed by atoms with Gasteiger partial charge in [0.1, 0.15) is 5.15 Å². The van der Waals surface area contributed by atoms with E-state index in [1.54, 1.807) is 11.8 Å². The van der Waals surface area contributed by atoms with Crippen LogP contribution in [-0.4, -0.2) is 52.7 Å². The van der Waals surface area contributed by atoms with Gasteiger partial charge < -0.3 is 14.7 Å². The molecule has 0 aliphatic carbocycles. The minimum atomic E-state index is -5.06. The molecule has 2 aromatic rings. The maximum atomic E-state index is 14.1. The predicted octanol–water partition coefficient (Wildman–Crippen LogP) is 5.36. The Morgan fingerprint density at radius 1 is 1.20 bits per heavy atom. The number of carbonyl (C=O) groups excluding carboxylic acids is 2. The fraction of sp³-hybridized carbons (Fsp3) is 0.458. The Balaban J connectivity index is 1.83. The molecule has 6 nitrogen and oxygen atoms in total. The van der Waals surface area contributed by atoms with Crippen LogP contribution in [0.4, 0.5) is 13.2 Å². The van der Waals surface area contributed by atoms with Gasteiger partial charge in [0.05, 0.1) is 12.5 Å². The molecule has 11 heteroatoms. The molecule has 1 aliphatic heterocycles. The summed E-state index contributed by atoms with van der Waals surface area (Å²) in [4.78, 5) is 30.1. The number of pyridine rings is 1. The number of nitrogens with zero attached hydrogens (tertiary/aromatic N) is 2. The average molecular weight is 533 g/mol. The van der Waals surface area contributed by atoms with Crippen molar-refractivity contribution in [2.75, 3.05) is 19.7 Å². The van der Waals surface area contributed by atoms with Crippen LogP contribution in [0.1, 0.15) is 54.1 Å². The second-order valence-electron chi connectivity index (χ2n) is 8.41. The number of amides is 1. The zero-order valence-corrected chi connectivity index (χ0v) is 20.6. The molecule has 0 bridgehead atoms. The fourth-order valence-electron chi connectivity index (χ4n) is 4.30. The van der Waals surface area contributed by atoms with Gasteiger partial charge in [-0.25, -0.2) is 4.98 Å². The first-order chi connectivity index (χ1) is 16.4. The molecule has 0 unspecified atom stereocenters. The third-order valence-corrected chi connectivity index (χ3v) is 6.88. The highest BCUT2D eigenvalue weighted by Gasteiger charge is 2.59. The monoisotopic (exact) mass is 532 g/mol. The molecular weight excluding hydrogens is 508 g/mol. The Hall–Kier alpha value is -2.36. The highest BCUT2D eigenvalue weighted by atomic mass is 35.5. The van der Waals surface area contributed by atoms with Crippen molar-refractivity contribution in [2.45, 2.75) is 44.4 Å². The number of hydrogen-bond donors (Lipinski definition) is 1. The summed E-state index contributed by atoms with van der Waals surface area (Å²) in [7, 11) is 0. The van der Waals surface area contributed by atoms with Crippen LogP contribution in [0.2, 0.25) is 10.2 Å². The SMILES string of the molecule is CCOC(=O)C1CCN(C(=O)c2ccc([C@@H](C)[C@@](O)(c3ccnc(Cl)c3)C(F)(F)F)c(Cl)c2)CC1. The van der Waals surface area contributed by atoms with E-state index in [2.05, 4.69) is 4.98 Å². The lowest BCUT2D eigenvalue weighted by molar-refractivity contribution is -0.274. The van der Waals surface area contributed by atoms with Gasteiger partial charge in [-0.2, -0.15) is 13.2 Å². The van der Waals surface area contributed by atoms with Crippen LogP contribution in [0.25, 0.3) is 0 Å². The minimum Gasteiger partial charge on any atom is -0.466 e. The van der Waals surface area contributed by atoms with Crippen LogP contribution in [-0.2, 0) is 15.1 Å². The van der Waals surface area contributed by atoms with Gasteiger partial charge in [0.25, 0.3) is 5.91 Å².